The summed E-state index contributed by atoms with van der Waals surface area (Å²) in [6.07, 6.45) is 3.02. The van der Waals surface area contributed by atoms with E-state index < -0.39 is 5.97 Å². The van der Waals surface area contributed by atoms with Crippen molar-refractivity contribution in [2.24, 2.45) is 0 Å². The smallest absolute Gasteiger partial charge is 0.331 e. The number of hydrogen-bond donors (Lipinski definition) is 1. The highest BCUT2D eigenvalue weighted by Gasteiger charge is 2.15. The minimum absolute atomic E-state index is 0.301. The predicted octanol–water partition coefficient (Wildman–Crippen LogP) is 3.33. The number of ether oxygens (including phenoxy) is 1. The first-order chi connectivity index (χ1) is 13.0. The number of nitrogens with one attached hydrogen (secondary N) is 1. The number of carbonyl (C=O) groups is 2. The van der Waals surface area contributed by atoms with Crippen molar-refractivity contribution >= 4 is 18.0 Å². The maximum atomic E-state index is 11.9. The Morgan fingerprint density at radius 2 is 1.79 bits per heavy atom. The van der Waals surface area contributed by atoms with Crippen LogP contribution >= 0.6 is 0 Å². The van der Waals surface area contributed by atoms with Gasteiger partial charge in [-0.2, -0.15) is 5.10 Å². The molecule has 6 nitrogen and oxygen atoms in total. The van der Waals surface area contributed by atoms with Gasteiger partial charge in [-0.05, 0) is 53.2 Å². The molecule has 0 atom stereocenters. The van der Waals surface area contributed by atoms with Gasteiger partial charge in [-0.25, -0.2) is 4.79 Å². The summed E-state index contributed by atoms with van der Waals surface area (Å²) in [5.74, 6) is -0.887. The van der Waals surface area contributed by atoms with Gasteiger partial charge in [-0.3, -0.25) is 9.48 Å². The van der Waals surface area contributed by atoms with Crippen molar-refractivity contribution in [2.45, 2.75) is 53.6 Å². The van der Waals surface area contributed by atoms with Gasteiger partial charge in [0.25, 0.3) is 5.91 Å². The quantitative estimate of drug-likeness (QED) is 0.613. The Kier molecular flexibility index (Phi) is 6.78. The van der Waals surface area contributed by atoms with Gasteiger partial charge in [0.15, 0.2) is 6.61 Å². The Balaban J connectivity index is 1.99. The largest absolute Gasteiger partial charge is 0.452 e. The second-order valence-electron chi connectivity index (χ2n) is 7.97. The van der Waals surface area contributed by atoms with Crippen molar-refractivity contribution in [2.75, 3.05) is 6.61 Å². The minimum atomic E-state index is -0.561. The third-order valence-corrected chi connectivity index (χ3v) is 4.14. The molecular weight excluding hydrogens is 354 g/mol. The molecule has 1 aromatic carbocycles. The van der Waals surface area contributed by atoms with Crippen LogP contribution in [0.4, 0.5) is 0 Å². The van der Waals surface area contributed by atoms with Crippen LogP contribution < -0.4 is 5.32 Å². The fourth-order valence-corrected chi connectivity index (χ4v) is 2.76. The molecule has 2 aromatic rings. The Morgan fingerprint density at radius 1 is 1.14 bits per heavy atom. The van der Waals surface area contributed by atoms with E-state index in [0.29, 0.717) is 6.54 Å². The average Bonchev–Trinajstić information content (AvgIpc) is 2.85. The maximum absolute atomic E-state index is 11.9. The molecule has 0 spiro atoms. The summed E-state index contributed by atoms with van der Waals surface area (Å²) in [7, 11) is 0. The van der Waals surface area contributed by atoms with Crippen molar-refractivity contribution in [1.29, 1.82) is 0 Å². The number of esters is 1. The molecule has 1 aromatic heterocycles. The zero-order chi connectivity index (χ0) is 20.9. The number of carbonyl (C=O) groups excluding carboxylic acids is 2. The fourth-order valence-electron chi connectivity index (χ4n) is 2.76. The van der Waals surface area contributed by atoms with Crippen LogP contribution in [0.15, 0.2) is 30.3 Å². The summed E-state index contributed by atoms with van der Waals surface area (Å²) in [6, 6.07) is 8.32. The van der Waals surface area contributed by atoms with E-state index in [1.165, 1.54) is 11.6 Å². The van der Waals surface area contributed by atoms with Crippen LogP contribution in [0.3, 0.4) is 0 Å². The second-order valence-corrected chi connectivity index (χ2v) is 7.97. The van der Waals surface area contributed by atoms with Gasteiger partial charge in [0.2, 0.25) is 0 Å². The van der Waals surface area contributed by atoms with Gasteiger partial charge in [-0.1, -0.05) is 29.8 Å². The van der Waals surface area contributed by atoms with Gasteiger partial charge in [0.05, 0.1) is 12.2 Å². The molecule has 0 radical (unpaired) electrons. The zero-order valence-corrected chi connectivity index (χ0v) is 17.5. The Bertz CT molecular complexity index is 872. The SMILES string of the molecule is Cc1ccc(Cn2nc(C)c(/C=C/C(=O)OCC(=O)NC(C)(C)C)c2C)cc1. The molecule has 0 fully saturated rings. The molecule has 28 heavy (non-hydrogen) atoms. The van der Waals surface area contributed by atoms with Crippen LogP contribution in [-0.4, -0.2) is 33.8 Å². The van der Waals surface area contributed by atoms with Gasteiger partial charge < -0.3 is 10.1 Å². The van der Waals surface area contributed by atoms with Crippen LogP contribution in [0.1, 0.15) is 48.8 Å². The summed E-state index contributed by atoms with van der Waals surface area (Å²) < 4.78 is 6.92. The highest BCUT2D eigenvalue weighted by molar-refractivity contribution is 5.89. The van der Waals surface area contributed by atoms with Gasteiger partial charge in [0.1, 0.15) is 0 Å². The van der Waals surface area contributed by atoms with E-state index in [0.717, 1.165) is 22.5 Å². The molecular formula is C22H29N3O3. The highest BCUT2D eigenvalue weighted by Crippen LogP contribution is 2.17. The minimum Gasteiger partial charge on any atom is -0.452 e. The molecule has 0 bridgehead atoms. The van der Waals surface area contributed by atoms with Crippen LogP contribution in [-0.2, 0) is 20.9 Å². The molecule has 1 N–H and O–H groups in total. The molecule has 1 amide bonds. The fraction of sp³-hybridized carbons (Fsp3) is 0.409. The van der Waals surface area contributed by atoms with Crippen molar-refractivity contribution in [3.63, 3.8) is 0 Å². The standard InChI is InChI=1S/C22H29N3O3/c1-15-7-9-18(10-8-15)13-25-17(3)19(16(2)24-25)11-12-21(27)28-14-20(26)23-22(4,5)6/h7-12H,13-14H2,1-6H3,(H,23,26)/b12-11+. The average molecular weight is 383 g/mol. The van der Waals surface area contributed by atoms with Crippen molar-refractivity contribution < 1.29 is 14.3 Å². The predicted molar refractivity (Wildman–Crippen MR) is 110 cm³/mol. The van der Waals surface area contributed by atoms with E-state index in [-0.39, 0.29) is 18.1 Å². The zero-order valence-electron chi connectivity index (χ0n) is 17.5. The van der Waals surface area contributed by atoms with Crippen LogP contribution in [0.5, 0.6) is 0 Å². The molecule has 0 aliphatic rings. The number of aryl methyl sites for hydroxylation is 2. The second kappa shape index (κ2) is 8.87. The van der Waals surface area contributed by atoms with Crippen LogP contribution in [0, 0.1) is 20.8 Å². The molecule has 0 aliphatic heterocycles. The molecule has 0 saturated carbocycles. The topological polar surface area (TPSA) is 73.2 Å². The number of amides is 1. The van der Waals surface area contributed by atoms with Gasteiger partial charge in [0, 0.05) is 22.9 Å². The van der Waals surface area contributed by atoms with Crippen molar-refractivity contribution in [3.05, 3.63) is 58.4 Å². The van der Waals surface area contributed by atoms with E-state index in [1.807, 2.05) is 39.3 Å². The Morgan fingerprint density at radius 3 is 2.39 bits per heavy atom. The third kappa shape index (κ3) is 6.37. The number of aromatic nitrogens is 2. The molecule has 1 heterocycles. The first kappa shape index (κ1) is 21.4. The normalized spacial score (nSPS) is 11.6. The molecule has 2 rings (SSSR count). The molecule has 150 valence electrons. The molecule has 0 saturated heterocycles. The van der Waals surface area contributed by atoms with E-state index in [4.69, 9.17) is 4.74 Å². The number of hydrogen-bond acceptors (Lipinski definition) is 4. The molecule has 0 unspecified atom stereocenters. The van der Waals surface area contributed by atoms with Crippen molar-refractivity contribution in [3.8, 4) is 0 Å². The number of benzene rings is 1. The lowest BCUT2D eigenvalue weighted by molar-refractivity contribution is -0.144. The summed E-state index contributed by atoms with van der Waals surface area (Å²) in [5, 5.41) is 7.31. The summed E-state index contributed by atoms with van der Waals surface area (Å²) in [4.78, 5) is 23.6. The lowest BCUT2D eigenvalue weighted by Crippen LogP contribution is -2.42. The first-order valence-electron chi connectivity index (χ1n) is 9.30. The number of rotatable bonds is 6. The summed E-state index contributed by atoms with van der Waals surface area (Å²) >= 11 is 0. The highest BCUT2D eigenvalue weighted by atomic mass is 16.5. The monoisotopic (exact) mass is 383 g/mol. The van der Waals surface area contributed by atoms with Gasteiger partial charge >= 0.3 is 5.97 Å². The Labute approximate surface area is 166 Å². The molecule has 0 aliphatic carbocycles. The lowest BCUT2D eigenvalue weighted by atomic mass is 10.1. The summed E-state index contributed by atoms with van der Waals surface area (Å²) in [5.41, 5.74) is 4.70. The first-order valence-corrected chi connectivity index (χ1v) is 9.30. The van der Waals surface area contributed by atoms with E-state index in [9.17, 15) is 9.59 Å². The summed E-state index contributed by atoms with van der Waals surface area (Å²) in [6.45, 7) is 11.9. The third-order valence-electron chi connectivity index (χ3n) is 4.14. The van der Waals surface area contributed by atoms with E-state index in [1.54, 1.807) is 6.08 Å². The molecule has 6 heteroatoms. The van der Waals surface area contributed by atoms with E-state index >= 15 is 0 Å². The lowest BCUT2D eigenvalue weighted by Gasteiger charge is -2.20. The number of nitrogens with zero attached hydrogens (tertiary/aromatic N) is 2. The maximum Gasteiger partial charge on any atom is 0.331 e. The Hall–Kier alpha value is -2.89. The van der Waals surface area contributed by atoms with E-state index in [2.05, 4.69) is 41.6 Å². The van der Waals surface area contributed by atoms with Crippen LogP contribution in [0.2, 0.25) is 0 Å². The van der Waals surface area contributed by atoms with Gasteiger partial charge in [-0.15, -0.1) is 0 Å². The van der Waals surface area contributed by atoms with Crippen molar-refractivity contribution in [1.82, 2.24) is 15.1 Å². The van der Waals surface area contributed by atoms with Crippen LogP contribution in [0.25, 0.3) is 6.08 Å².